The van der Waals surface area contributed by atoms with Gasteiger partial charge in [0.1, 0.15) is 18.2 Å². The Morgan fingerprint density at radius 3 is 2.38 bits per heavy atom. The van der Waals surface area contributed by atoms with Crippen molar-refractivity contribution in [1.29, 1.82) is 0 Å². The van der Waals surface area contributed by atoms with Gasteiger partial charge in [-0.1, -0.05) is 24.8 Å². The maximum Gasteiger partial charge on any atom is 0.338 e. The van der Waals surface area contributed by atoms with Gasteiger partial charge in [-0.25, -0.2) is 9.18 Å². The molecule has 6 nitrogen and oxygen atoms in total. The zero-order valence-electron chi connectivity index (χ0n) is 16.1. The van der Waals surface area contributed by atoms with Crippen LogP contribution in [0.25, 0.3) is 0 Å². The number of nitrogens with zero attached hydrogens (tertiary/aromatic N) is 2. The number of esters is 1. The Labute approximate surface area is 169 Å². The molecule has 3 rings (SSSR count). The van der Waals surface area contributed by atoms with Crippen LogP contribution in [0, 0.1) is 5.82 Å². The zero-order valence-corrected chi connectivity index (χ0v) is 16.1. The number of halogens is 1. The van der Waals surface area contributed by atoms with Gasteiger partial charge in [-0.3, -0.25) is 4.79 Å². The minimum atomic E-state index is -0.571. The Hall–Kier alpha value is -3.35. The maximum atomic E-state index is 13.9. The molecule has 0 spiro atoms. The van der Waals surface area contributed by atoms with Gasteiger partial charge in [0.2, 0.25) is 0 Å². The maximum absolute atomic E-state index is 13.9. The van der Waals surface area contributed by atoms with Gasteiger partial charge < -0.3 is 19.3 Å². The van der Waals surface area contributed by atoms with Crippen molar-refractivity contribution in [2.24, 2.45) is 0 Å². The van der Waals surface area contributed by atoms with Crippen LogP contribution >= 0.6 is 0 Å². The van der Waals surface area contributed by atoms with E-state index in [4.69, 9.17) is 9.47 Å². The van der Waals surface area contributed by atoms with Crippen LogP contribution in [0.4, 0.5) is 10.1 Å². The van der Waals surface area contributed by atoms with Crippen LogP contribution in [0.15, 0.2) is 61.2 Å². The molecular formula is C22H23FN2O4. The van der Waals surface area contributed by atoms with Crippen LogP contribution in [-0.2, 0) is 9.53 Å². The number of benzene rings is 2. The van der Waals surface area contributed by atoms with Crippen LogP contribution in [-0.4, -0.2) is 56.2 Å². The molecule has 1 amide bonds. The fourth-order valence-corrected chi connectivity index (χ4v) is 3.05. The number of amides is 1. The highest BCUT2D eigenvalue weighted by Crippen LogP contribution is 2.20. The molecule has 1 aliphatic heterocycles. The average Bonchev–Trinajstić information content (AvgIpc) is 2.76. The lowest BCUT2D eigenvalue weighted by Gasteiger charge is -2.36. The molecule has 1 aliphatic rings. The summed E-state index contributed by atoms with van der Waals surface area (Å²) in [6.45, 7) is 5.55. The number of piperazine rings is 1. The van der Waals surface area contributed by atoms with Gasteiger partial charge in [0.15, 0.2) is 6.61 Å². The molecule has 0 atom stereocenters. The molecule has 7 heteroatoms. The molecule has 1 saturated heterocycles. The van der Waals surface area contributed by atoms with Crippen molar-refractivity contribution in [3.8, 4) is 5.75 Å². The molecule has 1 heterocycles. The van der Waals surface area contributed by atoms with Crippen molar-refractivity contribution in [3.63, 3.8) is 0 Å². The number of anilines is 1. The first-order valence-corrected chi connectivity index (χ1v) is 9.36. The van der Waals surface area contributed by atoms with E-state index in [0.29, 0.717) is 49.8 Å². The summed E-state index contributed by atoms with van der Waals surface area (Å²) in [5.74, 6) is -0.497. The topological polar surface area (TPSA) is 59.1 Å². The van der Waals surface area contributed by atoms with Gasteiger partial charge >= 0.3 is 5.97 Å². The summed E-state index contributed by atoms with van der Waals surface area (Å²) < 4.78 is 24.4. The molecule has 2 aromatic carbocycles. The Kier molecular flexibility index (Phi) is 6.84. The molecule has 29 heavy (non-hydrogen) atoms. The lowest BCUT2D eigenvalue weighted by Crippen LogP contribution is -2.50. The lowest BCUT2D eigenvalue weighted by atomic mass is 10.2. The van der Waals surface area contributed by atoms with Gasteiger partial charge in [-0.2, -0.15) is 0 Å². The van der Waals surface area contributed by atoms with E-state index in [0.717, 1.165) is 0 Å². The molecule has 0 saturated carbocycles. The van der Waals surface area contributed by atoms with Crippen molar-refractivity contribution in [2.45, 2.75) is 0 Å². The first-order chi connectivity index (χ1) is 14.1. The van der Waals surface area contributed by atoms with Crippen molar-refractivity contribution in [1.82, 2.24) is 4.90 Å². The first-order valence-electron chi connectivity index (χ1n) is 9.36. The Morgan fingerprint density at radius 1 is 1.03 bits per heavy atom. The summed E-state index contributed by atoms with van der Waals surface area (Å²) in [4.78, 5) is 28.0. The number of carbonyl (C=O) groups is 2. The summed E-state index contributed by atoms with van der Waals surface area (Å²) >= 11 is 0. The van der Waals surface area contributed by atoms with Crippen LogP contribution in [0.1, 0.15) is 10.4 Å². The number of ether oxygens (including phenoxy) is 2. The zero-order chi connectivity index (χ0) is 20.6. The largest absolute Gasteiger partial charge is 0.490 e. The van der Waals surface area contributed by atoms with Crippen LogP contribution in [0.2, 0.25) is 0 Å². The number of rotatable bonds is 7. The van der Waals surface area contributed by atoms with E-state index in [-0.39, 0.29) is 18.3 Å². The summed E-state index contributed by atoms with van der Waals surface area (Å²) in [7, 11) is 0. The first kappa shape index (κ1) is 20.4. The Balaban J connectivity index is 1.45. The predicted octanol–water partition coefficient (Wildman–Crippen LogP) is 2.90. The SMILES string of the molecule is C=CCOc1ccc(C(=O)OCC(=O)N2CCN(c3ccccc3F)CC2)cc1. The third-order valence-corrected chi connectivity index (χ3v) is 4.61. The Morgan fingerprint density at radius 2 is 1.72 bits per heavy atom. The number of para-hydroxylation sites is 1. The second-order valence-corrected chi connectivity index (χ2v) is 6.52. The summed E-state index contributed by atoms with van der Waals surface area (Å²) in [6, 6.07) is 13.1. The lowest BCUT2D eigenvalue weighted by molar-refractivity contribution is -0.134. The highest BCUT2D eigenvalue weighted by molar-refractivity contribution is 5.91. The van der Waals surface area contributed by atoms with E-state index in [9.17, 15) is 14.0 Å². The molecule has 0 radical (unpaired) electrons. The minimum Gasteiger partial charge on any atom is -0.490 e. The molecular weight excluding hydrogens is 375 g/mol. The fraction of sp³-hybridized carbons (Fsp3) is 0.273. The second-order valence-electron chi connectivity index (χ2n) is 6.52. The van der Waals surface area contributed by atoms with Crippen molar-refractivity contribution in [3.05, 3.63) is 72.6 Å². The second kappa shape index (κ2) is 9.73. The molecule has 0 bridgehead atoms. The van der Waals surface area contributed by atoms with Crippen molar-refractivity contribution >= 4 is 17.6 Å². The van der Waals surface area contributed by atoms with E-state index in [2.05, 4.69) is 6.58 Å². The number of hydrogen-bond acceptors (Lipinski definition) is 5. The van der Waals surface area contributed by atoms with Crippen LogP contribution in [0.3, 0.4) is 0 Å². The van der Waals surface area contributed by atoms with Gasteiger partial charge in [-0.15, -0.1) is 0 Å². The van der Waals surface area contributed by atoms with Gasteiger partial charge in [-0.05, 0) is 36.4 Å². The number of hydrogen-bond donors (Lipinski definition) is 0. The summed E-state index contributed by atoms with van der Waals surface area (Å²) in [5.41, 5.74) is 0.875. The third-order valence-electron chi connectivity index (χ3n) is 4.61. The third kappa shape index (κ3) is 5.34. The molecule has 1 fully saturated rings. The van der Waals surface area contributed by atoms with E-state index in [1.165, 1.54) is 6.07 Å². The van der Waals surface area contributed by atoms with Gasteiger partial charge in [0, 0.05) is 26.2 Å². The van der Waals surface area contributed by atoms with E-state index >= 15 is 0 Å². The predicted molar refractivity (Wildman–Crippen MR) is 108 cm³/mol. The summed E-state index contributed by atoms with van der Waals surface area (Å²) in [6.07, 6.45) is 1.63. The molecule has 152 valence electrons. The van der Waals surface area contributed by atoms with Crippen LogP contribution < -0.4 is 9.64 Å². The monoisotopic (exact) mass is 398 g/mol. The normalized spacial score (nSPS) is 13.7. The fourth-order valence-electron chi connectivity index (χ4n) is 3.05. The van der Waals surface area contributed by atoms with E-state index < -0.39 is 5.97 Å². The van der Waals surface area contributed by atoms with E-state index in [1.807, 2.05) is 4.90 Å². The average molecular weight is 398 g/mol. The minimum absolute atomic E-state index is 0.266. The molecule has 2 aromatic rings. The molecule has 0 aliphatic carbocycles. The summed E-state index contributed by atoms with van der Waals surface area (Å²) in [5, 5.41) is 0. The standard InChI is InChI=1S/C22H23FN2O4/c1-2-15-28-18-9-7-17(8-10-18)22(27)29-16-21(26)25-13-11-24(12-14-25)20-6-4-3-5-19(20)23/h2-10H,1,11-16H2. The van der Waals surface area contributed by atoms with Gasteiger partial charge in [0.05, 0.1) is 11.3 Å². The highest BCUT2D eigenvalue weighted by atomic mass is 19.1. The van der Waals surface area contributed by atoms with Crippen molar-refractivity contribution < 1.29 is 23.5 Å². The number of carbonyl (C=O) groups excluding carboxylic acids is 2. The quantitative estimate of drug-likeness (QED) is 0.530. The highest BCUT2D eigenvalue weighted by Gasteiger charge is 2.23. The van der Waals surface area contributed by atoms with E-state index in [1.54, 1.807) is 53.4 Å². The van der Waals surface area contributed by atoms with Crippen LogP contribution in [0.5, 0.6) is 5.75 Å². The molecule has 0 N–H and O–H groups in total. The molecule has 0 unspecified atom stereocenters. The smallest absolute Gasteiger partial charge is 0.338 e. The molecule has 0 aromatic heterocycles. The van der Waals surface area contributed by atoms with Gasteiger partial charge in [0.25, 0.3) is 5.91 Å². The Bertz CT molecular complexity index is 861. The van der Waals surface area contributed by atoms with Crippen molar-refractivity contribution in [2.75, 3.05) is 44.3 Å².